The van der Waals surface area contributed by atoms with E-state index in [4.69, 9.17) is 5.11 Å². The van der Waals surface area contributed by atoms with Gasteiger partial charge in [-0.05, 0) is 23.3 Å². The molecule has 0 bridgehead atoms. The highest BCUT2D eigenvalue weighted by Gasteiger charge is 2.30. The number of carbonyl (C=O) groups is 1. The van der Waals surface area contributed by atoms with Gasteiger partial charge >= 0.3 is 12.1 Å². The van der Waals surface area contributed by atoms with E-state index in [0.29, 0.717) is 0 Å². The average molecular weight is 298 g/mol. The Kier molecular flexibility index (Phi) is 3.97. The van der Waals surface area contributed by atoms with Crippen LogP contribution in [0.1, 0.15) is 11.1 Å². The molecule has 2 aromatic rings. The van der Waals surface area contributed by atoms with E-state index in [1.807, 2.05) is 0 Å². The Bertz CT molecular complexity index is 678. The summed E-state index contributed by atoms with van der Waals surface area (Å²) >= 11 is 0. The summed E-state index contributed by atoms with van der Waals surface area (Å²) in [6.07, 6.45) is -5.05. The molecule has 2 nitrogen and oxygen atoms in total. The molecular formula is C15H10F4O2. The largest absolute Gasteiger partial charge is 0.481 e. The Morgan fingerprint density at radius 3 is 2.38 bits per heavy atom. The third-order valence-electron chi connectivity index (χ3n) is 2.92. The lowest BCUT2D eigenvalue weighted by atomic mass is 9.99. The maximum Gasteiger partial charge on any atom is 0.416 e. The molecule has 0 aliphatic carbocycles. The van der Waals surface area contributed by atoms with Gasteiger partial charge in [-0.1, -0.05) is 30.3 Å². The Morgan fingerprint density at radius 2 is 1.76 bits per heavy atom. The van der Waals surface area contributed by atoms with Crippen LogP contribution in [0.25, 0.3) is 11.1 Å². The molecule has 6 heteroatoms. The van der Waals surface area contributed by atoms with Crippen LogP contribution in [0.2, 0.25) is 0 Å². The molecule has 0 aliphatic rings. The van der Waals surface area contributed by atoms with Crippen LogP contribution >= 0.6 is 0 Å². The molecule has 0 spiro atoms. The fourth-order valence-electron chi connectivity index (χ4n) is 1.97. The molecule has 0 aliphatic heterocycles. The molecule has 21 heavy (non-hydrogen) atoms. The highest BCUT2D eigenvalue weighted by molar-refractivity contribution is 5.72. The molecular weight excluding hydrogens is 288 g/mol. The Morgan fingerprint density at radius 1 is 1.10 bits per heavy atom. The minimum absolute atomic E-state index is 0.0505. The summed E-state index contributed by atoms with van der Waals surface area (Å²) in [4.78, 5) is 10.6. The summed E-state index contributed by atoms with van der Waals surface area (Å²) in [5.41, 5.74) is -0.963. The molecule has 2 rings (SSSR count). The summed E-state index contributed by atoms with van der Waals surface area (Å²) < 4.78 is 52.2. The molecule has 0 amide bonds. The SMILES string of the molecule is O=C(O)Cc1cccc(-c2cccc(C(F)(F)F)c2)c1F. The molecule has 0 aromatic heterocycles. The first-order chi connectivity index (χ1) is 9.79. The lowest BCUT2D eigenvalue weighted by Gasteiger charge is -2.11. The van der Waals surface area contributed by atoms with Gasteiger partial charge < -0.3 is 5.11 Å². The fraction of sp³-hybridized carbons (Fsp3) is 0.133. The monoisotopic (exact) mass is 298 g/mol. The maximum absolute atomic E-state index is 14.2. The van der Waals surface area contributed by atoms with Crippen LogP contribution in [0.4, 0.5) is 17.6 Å². The van der Waals surface area contributed by atoms with Gasteiger partial charge in [-0.25, -0.2) is 4.39 Å². The summed E-state index contributed by atoms with van der Waals surface area (Å²) in [6.45, 7) is 0. The number of halogens is 4. The topological polar surface area (TPSA) is 37.3 Å². The van der Waals surface area contributed by atoms with Crippen LogP contribution < -0.4 is 0 Å². The van der Waals surface area contributed by atoms with Crippen molar-refractivity contribution < 1.29 is 27.5 Å². The lowest BCUT2D eigenvalue weighted by molar-refractivity contribution is -0.138. The Hall–Kier alpha value is -2.37. The number of benzene rings is 2. The molecule has 0 heterocycles. The van der Waals surface area contributed by atoms with E-state index in [2.05, 4.69) is 0 Å². The van der Waals surface area contributed by atoms with Crippen LogP contribution in [0, 0.1) is 5.82 Å². The van der Waals surface area contributed by atoms with Gasteiger partial charge in [0.2, 0.25) is 0 Å². The van der Waals surface area contributed by atoms with Crippen molar-refractivity contribution in [3.63, 3.8) is 0 Å². The van der Waals surface area contributed by atoms with E-state index in [0.717, 1.165) is 12.1 Å². The van der Waals surface area contributed by atoms with Gasteiger partial charge in [0.25, 0.3) is 0 Å². The van der Waals surface area contributed by atoms with Crippen molar-refractivity contribution in [2.24, 2.45) is 0 Å². The third kappa shape index (κ3) is 3.39. The summed E-state index contributed by atoms with van der Waals surface area (Å²) in [5.74, 6) is -2.03. The van der Waals surface area contributed by atoms with Crippen LogP contribution in [-0.2, 0) is 17.4 Å². The average Bonchev–Trinajstić information content (AvgIpc) is 2.40. The van der Waals surface area contributed by atoms with E-state index < -0.39 is 29.9 Å². The first-order valence-electron chi connectivity index (χ1n) is 5.96. The van der Waals surface area contributed by atoms with Crippen molar-refractivity contribution in [2.75, 3.05) is 0 Å². The van der Waals surface area contributed by atoms with E-state index in [-0.39, 0.29) is 16.7 Å². The predicted octanol–water partition coefficient (Wildman–Crippen LogP) is 4.14. The van der Waals surface area contributed by atoms with Crippen molar-refractivity contribution >= 4 is 5.97 Å². The molecule has 0 saturated carbocycles. The first-order valence-corrected chi connectivity index (χ1v) is 5.96. The van der Waals surface area contributed by atoms with Crippen molar-refractivity contribution in [1.82, 2.24) is 0 Å². The smallest absolute Gasteiger partial charge is 0.416 e. The zero-order chi connectivity index (χ0) is 15.6. The highest BCUT2D eigenvalue weighted by Crippen LogP contribution is 2.33. The minimum Gasteiger partial charge on any atom is -0.481 e. The van der Waals surface area contributed by atoms with E-state index in [1.165, 1.54) is 30.3 Å². The molecule has 1 N–H and O–H groups in total. The number of hydrogen-bond acceptors (Lipinski definition) is 1. The van der Waals surface area contributed by atoms with Gasteiger partial charge in [0, 0.05) is 5.56 Å². The number of carboxylic acid groups (broad SMARTS) is 1. The second-order valence-corrected chi connectivity index (χ2v) is 4.43. The van der Waals surface area contributed by atoms with Gasteiger partial charge in [-0.2, -0.15) is 13.2 Å². The molecule has 0 radical (unpaired) electrons. The van der Waals surface area contributed by atoms with Crippen LogP contribution in [0.15, 0.2) is 42.5 Å². The van der Waals surface area contributed by atoms with E-state index in [1.54, 1.807) is 0 Å². The van der Waals surface area contributed by atoms with Gasteiger partial charge in [0.1, 0.15) is 5.82 Å². The number of carboxylic acids is 1. The third-order valence-corrected chi connectivity index (χ3v) is 2.92. The fourth-order valence-corrected chi connectivity index (χ4v) is 1.97. The summed E-state index contributed by atoms with van der Waals surface area (Å²) in [6, 6.07) is 8.28. The molecule has 2 aromatic carbocycles. The van der Waals surface area contributed by atoms with E-state index >= 15 is 0 Å². The van der Waals surface area contributed by atoms with Gasteiger partial charge in [0.15, 0.2) is 0 Å². The lowest BCUT2D eigenvalue weighted by Crippen LogP contribution is -2.05. The number of aliphatic carboxylic acids is 1. The van der Waals surface area contributed by atoms with Crippen molar-refractivity contribution in [3.8, 4) is 11.1 Å². The second-order valence-electron chi connectivity index (χ2n) is 4.43. The van der Waals surface area contributed by atoms with Crippen LogP contribution in [-0.4, -0.2) is 11.1 Å². The first kappa shape index (κ1) is 15.0. The molecule has 0 atom stereocenters. The number of rotatable bonds is 3. The van der Waals surface area contributed by atoms with Gasteiger partial charge in [0.05, 0.1) is 12.0 Å². The normalized spacial score (nSPS) is 11.4. The molecule has 0 saturated heterocycles. The minimum atomic E-state index is -4.52. The Balaban J connectivity index is 2.50. The van der Waals surface area contributed by atoms with Gasteiger partial charge in [-0.15, -0.1) is 0 Å². The summed E-state index contributed by atoms with van der Waals surface area (Å²) in [5, 5.41) is 8.69. The second kappa shape index (κ2) is 5.55. The van der Waals surface area contributed by atoms with Crippen molar-refractivity contribution in [1.29, 1.82) is 0 Å². The van der Waals surface area contributed by atoms with Gasteiger partial charge in [-0.3, -0.25) is 4.79 Å². The van der Waals surface area contributed by atoms with E-state index in [9.17, 15) is 22.4 Å². The zero-order valence-electron chi connectivity index (χ0n) is 10.6. The standard InChI is InChI=1S/C15H10F4O2/c16-14-10(8-13(20)21)4-2-6-12(14)9-3-1-5-11(7-9)15(17,18)19/h1-7H,8H2,(H,20,21). The maximum atomic E-state index is 14.2. The molecule has 110 valence electrons. The molecule has 0 fully saturated rings. The highest BCUT2D eigenvalue weighted by atomic mass is 19.4. The number of hydrogen-bond donors (Lipinski definition) is 1. The number of alkyl halides is 3. The Labute approximate surface area is 117 Å². The van der Waals surface area contributed by atoms with Crippen LogP contribution in [0.3, 0.4) is 0 Å². The summed E-state index contributed by atoms with van der Waals surface area (Å²) in [7, 11) is 0. The quantitative estimate of drug-likeness (QED) is 0.865. The molecule has 0 unspecified atom stereocenters. The predicted molar refractivity (Wildman–Crippen MR) is 68.2 cm³/mol. The van der Waals surface area contributed by atoms with Crippen LogP contribution in [0.5, 0.6) is 0 Å². The zero-order valence-corrected chi connectivity index (χ0v) is 10.6. The van der Waals surface area contributed by atoms with Crippen molar-refractivity contribution in [3.05, 3.63) is 59.4 Å². The van der Waals surface area contributed by atoms with Crippen molar-refractivity contribution in [2.45, 2.75) is 12.6 Å².